The molecule has 0 aromatic heterocycles. The lowest BCUT2D eigenvalue weighted by Gasteiger charge is -2.28. The molecule has 0 saturated heterocycles. The maximum absolute atomic E-state index is 11.9. The molecule has 2 nitrogen and oxygen atoms in total. The maximum Gasteiger partial charge on any atom is 0.136 e. The molecular formula is C16H20O2. The average molecular weight is 244 g/mol. The number of aryl methyl sites for hydroxylation is 1. The van der Waals surface area contributed by atoms with Gasteiger partial charge in [0, 0.05) is 12.3 Å². The van der Waals surface area contributed by atoms with Gasteiger partial charge in [-0.05, 0) is 61.3 Å². The Labute approximate surface area is 108 Å². The van der Waals surface area contributed by atoms with Crippen LogP contribution in [0.1, 0.15) is 36.8 Å². The molecule has 2 atom stereocenters. The normalized spacial score (nSPS) is 27.1. The van der Waals surface area contributed by atoms with Gasteiger partial charge < -0.3 is 4.74 Å². The number of ketones is 1. The van der Waals surface area contributed by atoms with Gasteiger partial charge in [-0.2, -0.15) is 0 Å². The second kappa shape index (κ2) is 4.75. The van der Waals surface area contributed by atoms with Crippen molar-refractivity contribution in [2.45, 2.75) is 38.5 Å². The van der Waals surface area contributed by atoms with Crippen LogP contribution in [0.4, 0.5) is 0 Å². The van der Waals surface area contributed by atoms with Crippen molar-refractivity contribution in [2.75, 3.05) is 7.11 Å². The van der Waals surface area contributed by atoms with Gasteiger partial charge in [0.05, 0.1) is 7.11 Å². The van der Waals surface area contributed by atoms with E-state index < -0.39 is 0 Å². The smallest absolute Gasteiger partial charge is 0.136 e. The summed E-state index contributed by atoms with van der Waals surface area (Å²) >= 11 is 0. The molecule has 18 heavy (non-hydrogen) atoms. The highest BCUT2D eigenvalue weighted by Crippen LogP contribution is 2.37. The molecule has 96 valence electrons. The summed E-state index contributed by atoms with van der Waals surface area (Å²) in [6, 6.07) is 6.37. The molecule has 1 fully saturated rings. The first-order chi connectivity index (χ1) is 8.78. The number of benzene rings is 1. The monoisotopic (exact) mass is 244 g/mol. The van der Waals surface area contributed by atoms with E-state index in [-0.39, 0.29) is 0 Å². The maximum atomic E-state index is 11.9. The van der Waals surface area contributed by atoms with Crippen LogP contribution in [0, 0.1) is 11.8 Å². The van der Waals surface area contributed by atoms with Gasteiger partial charge in [0.15, 0.2) is 0 Å². The Morgan fingerprint density at radius 1 is 1.17 bits per heavy atom. The van der Waals surface area contributed by atoms with Crippen LogP contribution in [0.3, 0.4) is 0 Å². The highest BCUT2D eigenvalue weighted by molar-refractivity contribution is 5.83. The SMILES string of the molecule is COc1ccc2c(c1)CC[C@@H]([C@H]1CCCC1=O)C2. The van der Waals surface area contributed by atoms with E-state index in [9.17, 15) is 4.79 Å². The fourth-order valence-corrected chi connectivity index (χ4v) is 3.57. The molecule has 0 unspecified atom stereocenters. The van der Waals surface area contributed by atoms with Gasteiger partial charge in [0.2, 0.25) is 0 Å². The van der Waals surface area contributed by atoms with Gasteiger partial charge in [0.1, 0.15) is 11.5 Å². The van der Waals surface area contributed by atoms with Gasteiger partial charge >= 0.3 is 0 Å². The summed E-state index contributed by atoms with van der Waals surface area (Å²) < 4.78 is 5.27. The van der Waals surface area contributed by atoms with Crippen LogP contribution in [0.2, 0.25) is 0 Å². The van der Waals surface area contributed by atoms with Crippen LogP contribution in [0.15, 0.2) is 18.2 Å². The largest absolute Gasteiger partial charge is 0.497 e. The molecule has 2 heteroatoms. The molecule has 0 spiro atoms. The molecular weight excluding hydrogens is 224 g/mol. The van der Waals surface area contributed by atoms with E-state index in [1.165, 1.54) is 11.1 Å². The zero-order chi connectivity index (χ0) is 12.5. The number of hydrogen-bond acceptors (Lipinski definition) is 2. The van der Waals surface area contributed by atoms with Crippen molar-refractivity contribution < 1.29 is 9.53 Å². The summed E-state index contributed by atoms with van der Waals surface area (Å²) in [5, 5.41) is 0. The molecule has 0 aliphatic heterocycles. The minimum atomic E-state index is 0.347. The molecule has 0 N–H and O–H groups in total. The molecule has 3 rings (SSSR count). The number of Topliss-reactive ketones (excluding diaryl/α,β-unsaturated/α-hetero) is 1. The molecule has 1 saturated carbocycles. The van der Waals surface area contributed by atoms with Crippen LogP contribution in [-0.2, 0) is 17.6 Å². The highest BCUT2D eigenvalue weighted by atomic mass is 16.5. The van der Waals surface area contributed by atoms with Gasteiger partial charge in [-0.25, -0.2) is 0 Å². The van der Waals surface area contributed by atoms with Gasteiger partial charge in [-0.15, -0.1) is 0 Å². The number of rotatable bonds is 2. The Morgan fingerprint density at radius 2 is 2.06 bits per heavy atom. The average Bonchev–Trinajstić information content (AvgIpc) is 2.84. The minimum Gasteiger partial charge on any atom is -0.497 e. The lowest BCUT2D eigenvalue weighted by molar-refractivity contribution is -0.122. The van der Waals surface area contributed by atoms with Crippen LogP contribution < -0.4 is 4.74 Å². The van der Waals surface area contributed by atoms with E-state index >= 15 is 0 Å². The topological polar surface area (TPSA) is 26.3 Å². The van der Waals surface area contributed by atoms with E-state index in [0.29, 0.717) is 17.6 Å². The molecule has 0 radical (unpaired) electrons. The molecule has 0 bridgehead atoms. The number of carbonyl (C=O) groups excluding carboxylic acids is 1. The lowest BCUT2D eigenvalue weighted by Crippen LogP contribution is -2.25. The van der Waals surface area contributed by atoms with Crippen molar-refractivity contribution >= 4 is 5.78 Å². The Kier molecular flexibility index (Phi) is 3.11. The van der Waals surface area contributed by atoms with E-state index in [0.717, 1.165) is 44.3 Å². The zero-order valence-electron chi connectivity index (χ0n) is 10.9. The Morgan fingerprint density at radius 3 is 2.78 bits per heavy atom. The summed E-state index contributed by atoms with van der Waals surface area (Å²) in [6.45, 7) is 0. The molecule has 1 aromatic rings. The number of fused-ring (bicyclic) bond motifs is 1. The van der Waals surface area contributed by atoms with Gasteiger partial charge in [0.25, 0.3) is 0 Å². The Hall–Kier alpha value is -1.31. The first-order valence-corrected chi connectivity index (χ1v) is 6.96. The third kappa shape index (κ3) is 2.05. The van der Waals surface area contributed by atoms with Crippen molar-refractivity contribution in [3.05, 3.63) is 29.3 Å². The van der Waals surface area contributed by atoms with Gasteiger partial charge in [-0.3, -0.25) is 4.79 Å². The zero-order valence-corrected chi connectivity index (χ0v) is 10.9. The van der Waals surface area contributed by atoms with Crippen molar-refractivity contribution in [3.8, 4) is 5.75 Å². The number of carbonyl (C=O) groups is 1. The lowest BCUT2D eigenvalue weighted by atomic mass is 9.76. The number of ether oxygens (including phenoxy) is 1. The van der Waals surface area contributed by atoms with Crippen molar-refractivity contribution in [2.24, 2.45) is 11.8 Å². The summed E-state index contributed by atoms with van der Waals surface area (Å²) in [5.41, 5.74) is 2.84. The van der Waals surface area contributed by atoms with E-state index in [1.807, 2.05) is 6.07 Å². The predicted octanol–water partition coefficient (Wildman–Crippen LogP) is 3.17. The highest BCUT2D eigenvalue weighted by Gasteiger charge is 2.33. The molecule has 1 aromatic carbocycles. The van der Waals surface area contributed by atoms with Crippen molar-refractivity contribution in [1.29, 1.82) is 0 Å². The molecule has 2 aliphatic rings. The van der Waals surface area contributed by atoms with Crippen molar-refractivity contribution in [1.82, 2.24) is 0 Å². The standard InChI is InChI=1S/C16H20O2/c1-18-14-8-7-11-9-13(6-5-12(11)10-14)15-3-2-4-16(15)17/h7-8,10,13,15H,2-6,9H2,1H3/t13-,15-/m1/s1. The molecule has 0 heterocycles. The summed E-state index contributed by atoms with van der Waals surface area (Å²) in [4.78, 5) is 11.9. The van der Waals surface area contributed by atoms with Crippen LogP contribution in [-0.4, -0.2) is 12.9 Å². The molecule has 2 aliphatic carbocycles. The van der Waals surface area contributed by atoms with Crippen LogP contribution in [0.25, 0.3) is 0 Å². The molecule has 0 amide bonds. The van der Waals surface area contributed by atoms with Crippen molar-refractivity contribution in [3.63, 3.8) is 0 Å². The summed E-state index contributed by atoms with van der Waals surface area (Å²) in [7, 11) is 1.71. The second-order valence-corrected chi connectivity index (χ2v) is 5.60. The Balaban J connectivity index is 1.79. The van der Waals surface area contributed by atoms with E-state index in [2.05, 4.69) is 12.1 Å². The fourth-order valence-electron chi connectivity index (χ4n) is 3.57. The minimum absolute atomic E-state index is 0.347. The summed E-state index contributed by atoms with van der Waals surface area (Å²) in [5.74, 6) is 2.39. The number of methoxy groups -OCH3 is 1. The van der Waals surface area contributed by atoms with E-state index in [1.54, 1.807) is 7.11 Å². The fraction of sp³-hybridized carbons (Fsp3) is 0.562. The predicted molar refractivity (Wildman–Crippen MR) is 70.9 cm³/mol. The Bertz CT molecular complexity index is 464. The third-order valence-electron chi connectivity index (χ3n) is 4.60. The van der Waals surface area contributed by atoms with Crippen LogP contribution in [0.5, 0.6) is 5.75 Å². The van der Waals surface area contributed by atoms with E-state index in [4.69, 9.17) is 4.74 Å². The quantitative estimate of drug-likeness (QED) is 0.798. The summed E-state index contributed by atoms with van der Waals surface area (Å²) in [6.07, 6.45) is 6.38. The number of hydrogen-bond donors (Lipinski definition) is 0. The van der Waals surface area contributed by atoms with Gasteiger partial charge in [-0.1, -0.05) is 6.07 Å². The first-order valence-electron chi connectivity index (χ1n) is 6.96. The van der Waals surface area contributed by atoms with Crippen LogP contribution >= 0.6 is 0 Å². The second-order valence-electron chi connectivity index (χ2n) is 5.60. The third-order valence-corrected chi connectivity index (χ3v) is 4.60. The first kappa shape index (κ1) is 11.8.